The fraction of sp³-hybridized carbons (Fsp3) is 0.833. The van der Waals surface area contributed by atoms with Gasteiger partial charge in [0.05, 0.1) is 13.1 Å². The summed E-state index contributed by atoms with van der Waals surface area (Å²) >= 11 is 0. The Hall–Kier alpha value is -1.10. The molecule has 0 aliphatic carbocycles. The molecule has 1 atom stereocenters. The molecule has 2 amide bonds. The van der Waals surface area contributed by atoms with Crippen molar-refractivity contribution in [1.29, 1.82) is 0 Å². The fourth-order valence-corrected chi connectivity index (χ4v) is 2.52. The molecule has 0 aromatic rings. The van der Waals surface area contributed by atoms with E-state index in [4.69, 9.17) is 0 Å². The molecule has 0 aromatic carbocycles. The van der Waals surface area contributed by atoms with Crippen molar-refractivity contribution >= 4 is 11.8 Å². The van der Waals surface area contributed by atoms with Crippen LogP contribution in [0.3, 0.4) is 0 Å². The van der Waals surface area contributed by atoms with Gasteiger partial charge in [-0.2, -0.15) is 0 Å². The Balaban J connectivity index is 1.88. The standard InChI is InChI=1S/C12H21N3O2/c1-2-5-14-8-12(17)15(9-11(14)16)7-10-3-4-13-6-10/h10,13H,2-9H2,1H3. The largest absolute Gasteiger partial charge is 0.332 e. The zero-order valence-electron chi connectivity index (χ0n) is 10.4. The lowest BCUT2D eigenvalue weighted by atomic mass is 10.1. The SMILES string of the molecule is CCCN1CC(=O)N(CC2CCNC2)CC1=O. The van der Waals surface area contributed by atoms with Crippen molar-refractivity contribution in [3.63, 3.8) is 0 Å². The van der Waals surface area contributed by atoms with Crippen LogP contribution < -0.4 is 5.32 Å². The Morgan fingerprint density at radius 2 is 1.94 bits per heavy atom. The van der Waals surface area contributed by atoms with E-state index in [1.807, 2.05) is 6.92 Å². The number of amides is 2. The number of nitrogens with zero attached hydrogens (tertiary/aromatic N) is 2. The molecule has 2 aliphatic rings. The van der Waals surface area contributed by atoms with E-state index < -0.39 is 0 Å². The van der Waals surface area contributed by atoms with E-state index in [0.29, 0.717) is 12.5 Å². The lowest BCUT2D eigenvalue weighted by molar-refractivity contribution is -0.150. The topological polar surface area (TPSA) is 52.7 Å². The molecule has 5 nitrogen and oxygen atoms in total. The van der Waals surface area contributed by atoms with Gasteiger partial charge in [0, 0.05) is 13.1 Å². The normalized spacial score (nSPS) is 25.8. The van der Waals surface area contributed by atoms with Gasteiger partial charge >= 0.3 is 0 Å². The van der Waals surface area contributed by atoms with E-state index >= 15 is 0 Å². The molecular weight excluding hydrogens is 218 g/mol. The summed E-state index contributed by atoms with van der Waals surface area (Å²) in [5, 5.41) is 3.28. The minimum atomic E-state index is 0.0948. The molecule has 2 heterocycles. The highest BCUT2D eigenvalue weighted by Crippen LogP contribution is 2.13. The number of nitrogens with one attached hydrogen (secondary N) is 1. The van der Waals surface area contributed by atoms with Crippen molar-refractivity contribution in [2.45, 2.75) is 19.8 Å². The summed E-state index contributed by atoms with van der Waals surface area (Å²) < 4.78 is 0. The summed E-state index contributed by atoms with van der Waals surface area (Å²) in [4.78, 5) is 27.2. The van der Waals surface area contributed by atoms with Crippen LogP contribution in [0.4, 0.5) is 0 Å². The molecule has 0 saturated carbocycles. The first kappa shape index (κ1) is 12.4. The zero-order valence-corrected chi connectivity index (χ0v) is 10.4. The maximum atomic E-state index is 11.9. The molecule has 2 rings (SSSR count). The second-order valence-corrected chi connectivity index (χ2v) is 4.95. The predicted octanol–water partition coefficient (Wildman–Crippen LogP) is -0.323. The molecule has 0 radical (unpaired) electrons. The Labute approximate surface area is 102 Å². The highest BCUT2D eigenvalue weighted by molar-refractivity contribution is 5.92. The molecule has 2 aliphatic heterocycles. The van der Waals surface area contributed by atoms with Crippen LogP contribution in [-0.4, -0.2) is 60.9 Å². The highest BCUT2D eigenvalue weighted by Gasteiger charge is 2.31. The third kappa shape index (κ3) is 2.97. The molecule has 5 heteroatoms. The third-order valence-electron chi connectivity index (χ3n) is 3.49. The number of carbonyl (C=O) groups excluding carboxylic acids is 2. The molecule has 1 unspecified atom stereocenters. The van der Waals surface area contributed by atoms with Gasteiger partial charge in [-0.05, 0) is 31.8 Å². The van der Waals surface area contributed by atoms with Crippen LogP contribution in [0.25, 0.3) is 0 Å². The predicted molar refractivity (Wildman–Crippen MR) is 64.4 cm³/mol. The van der Waals surface area contributed by atoms with Gasteiger partial charge in [0.1, 0.15) is 0 Å². The summed E-state index contributed by atoms with van der Waals surface area (Å²) in [5.74, 6) is 0.715. The van der Waals surface area contributed by atoms with E-state index in [9.17, 15) is 9.59 Å². The molecule has 17 heavy (non-hydrogen) atoms. The van der Waals surface area contributed by atoms with Crippen molar-refractivity contribution < 1.29 is 9.59 Å². The third-order valence-corrected chi connectivity index (χ3v) is 3.49. The van der Waals surface area contributed by atoms with Crippen molar-refractivity contribution in [1.82, 2.24) is 15.1 Å². The van der Waals surface area contributed by atoms with Crippen LogP contribution in [0.15, 0.2) is 0 Å². The molecular formula is C12H21N3O2. The van der Waals surface area contributed by atoms with Crippen LogP contribution in [0.1, 0.15) is 19.8 Å². The van der Waals surface area contributed by atoms with Gasteiger partial charge in [0.25, 0.3) is 0 Å². The summed E-state index contributed by atoms with van der Waals surface area (Å²) in [6.45, 7) is 6.00. The minimum Gasteiger partial charge on any atom is -0.332 e. The Kier molecular flexibility index (Phi) is 3.99. The first-order chi connectivity index (χ1) is 8.20. The second kappa shape index (κ2) is 5.49. The highest BCUT2D eigenvalue weighted by atomic mass is 16.2. The van der Waals surface area contributed by atoms with Crippen molar-refractivity contribution in [3.8, 4) is 0 Å². The van der Waals surface area contributed by atoms with E-state index in [1.165, 1.54) is 0 Å². The zero-order chi connectivity index (χ0) is 12.3. The first-order valence-electron chi connectivity index (χ1n) is 6.47. The quantitative estimate of drug-likeness (QED) is 0.731. The average Bonchev–Trinajstić information content (AvgIpc) is 2.78. The summed E-state index contributed by atoms with van der Waals surface area (Å²) in [6.07, 6.45) is 2.02. The molecule has 2 saturated heterocycles. The van der Waals surface area contributed by atoms with E-state index in [2.05, 4.69) is 5.32 Å². The summed E-state index contributed by atoms with van der Waals surface area (Å²) in [5.41, 5.74) is 0. The lowest BCUT2D eigenvalue weighted by Gasteiger charge is -2.34. The molecule has 2 fully saturated rings. The van der Waals surface area contributed by atoms with Crippen LogP contribution in [-0.2, 0) is 9.59 Å². The fourth-order valence-electron chi connectivity index (χ4n) is 2.52. The Morgan fingerprint density at radius 1 is 1.24 bits per heavy atom. The first-order valence-corrected chi connectivity index (χ1v) is 6.47. The van der Waals surface area contributed by atoms with Gasteiger partial charge in [0.2, 0.25) is 11.8 Å². The molecule has 0 bridgehead atoms. The smallest absolute Gasteiger partial charge is 0.242 e. The van der Waals surface area contributed by atoms with Gasteiger partial charge in [-0.3, -0.25) is 9.59 Å². The molecule has 0 spiro atoms. The van der Waals surface area contributed by atoms with Crippen molar-refractivity contribution in [3.05, 3.63) is 0 Å². The monoisotopic (exact) mass is 239 g/mol. The maximum absolute atomic E-state index is 11.9. The van der Waals surface area contributed by atoms with Gasteiger partial charge in [-0.1, -0.05) is 6.92 Å². The van der Waals surface area contributed by atoms with E-state index in [-0.39, 0.29) is 24.9 Å². The van der Waals surface area contributed by atoms with Gasteiger partial charge in [-0.25, -0.2) is 0 Å². The van der Waals surface area contributed by atoms with Gasteiger partial charge in [-0.15, -0.1) is 0 Å². The number of rotatable bonds is 4. The van der Waals surface area contributed by atoms with E-state index in [0.717, 1.165) is 32.5 Å². The van der Waals surface area contributed by atoms with Crippen molar-refractivity contribution in [2.24, 2.45) is 5.92 Å². The molecule has 0 aromatic heterocycles. The van der Waals surface area contributed by atoms with E-state index in [1.54, 1.807) is 9.80 Å². The van der Waals surface area contributed by atoms with Gasteiger partial charge < -0.3 is 15.1 Å². The Bertz CT molecular complexity index is 300. The van der Waals surface area contributed by atoms with Crippen LogP contribution in [0, 0.1) is 5.92 Å². The number of hydrogen-bond acceptors (Lipinski definition) is 3. The maximum Gasteiger partial charge on any atom is 0.242 e. The molecule has 1 N–H and O–H groups in total. The molecule has 96 valence electrons. The number of hydrogen-bond donors (Lipinski definition) is 1. The second-order valence-electron chi connectivity index (χ2n) is 4.95. The summed E-state index contributed by atoms with van der Waals surface area (Å²) in [6, 6.07) is 0. The van der Waals surface area contributed by atoms with Gasteiger partial charge in [0.15, 0.2) is 0 Å². The van der Waals surface area contributed by atoms with Crippen LogP contribution in [0.5, 0.6) is 0 Å². The summed E-state index contributed by atoms with van der Waals surface area (Å²) in [7, 11) is 0. The minimum absolute atomic E-state index is 0.0948. The van der Waals surface area contributed by atoms with Crippen LogP contribution in [0.2, 0.25) is 0 Å². The average molecular weight is 239 g/mol. The van der Waals surface area contributed by atoms with Crippen LogP contribution >= 0.6 is 0 Å². The Morgan fingerprint density at radius 3 is 2.59 bits per heavy atom. The number of carbonyl (C=O) groups is 2. The lowest BCUT2D eigenvalue weighted by Crippen LogP contribution is -2.54. The van der Waals surface area contributed by atoms with Crippen molar-refractivity contribution in [2.75, 3.05) is 39.3 Å². The number of piperazine rings is 1.